The van der Waals surface area contributed by atoms with Crippen LogP contribution in [0, 0.1) is 42.7 Å². The van der Waals surface area contributed by atoms with Gasteiger partial charge >= 0.3 is 0 Å². The van der Waals surface area contributed by atoms with E-state index in [2.05, 4.69) is 171 Å². The molecule has 0 spiro atoms. The van der Waals surface area contributed by atoms with Gasteiger partial charge in [-0.05, 0) is 118 Å². The van der Waals surface area contributed by atoms with E-state index in [1.807, 2.05) is 59.9 Å². The number of rotatable bonds is 2. The van der Waals surface area contributed by atoms with Crippen molar-refractivity contribution in [3.63, 3.8) is 0 Å². The molecule has 0 aliphatic rings. The number of thioether (sulfide) groups is 2. The molecule has 0 aliphatic heterocycles. The Bertz CT molecular complexity index is 1660. The average Bonchev–Trinajstić information content (AvgIpc) is 2.91. The highest BCUT2D eigenvalue weighted by Crippen LogP contribution is 2.34. The van der Waals surface area contributed by atoms with E-state index >= 15 is 0 Å². The lowest BCUT2D eigenvalue weighted by molar-refractivity contribution is 0.802. The third-order valence-electron chi connectivity index (χ3n) is 5.48. The summed E-state index contributed by atoms with van der Waals surface area (Å²) >= 11 is 8.43. The predicted octanol–water partition coefficient (Wildman–Crippen LogP) is 10.9. The van der Waals surface area contributed by atoms with Crippen LogP contribution in [0.15, 0.2) is 94.7 Å². The molecule has 0 aliphatic carbocycles. The molecule has 4 heteroatoms. The van der Waals surface area contributed by atoms with Crippen LogP contribution in [0.5, 0.6) is 0 Å². The molecule has 4 aromatic carbocycles. The summed E-state index contributed by atoms with van der Waals surface area (Å²) in [5.41, 5.74) is 5.88. The molecule has 0 fully saturated rings. The number of hydrogen-bond acceptors (Lipinski definition) is 2. The fourth-order valence-corrected chi connectivity index (χ4v) is 6.79. The first-order valence-electron chi connectivity index (χ1n) is 13.6. The first-order chi connectivity index (χ1) is 19.8. The van der Waals surface area contributed by atoms with Crippen LogP contribution in [-0.4, -0.2) is 9.49 Å². The van der Waals surface area contributed by atoms with Crippen molar-refractivity contribution >= 4 is 68.7 Å². The normalized spacial score (nSPS) is 11.0. The summed E-state index contributed by atoms with van der Waals surface area (Å²) in [7, 11) is 0. The molecule has 0 aromatic heterocycles. The highest BCUT2D eigenvalue weighted by Gasteiger charge is 2.13. The van der Waals surface area contributed by atoms with E-state index in [1.165, 1.54) is 9.79 Å². The van der Waals surface area contributed by atoms with E-state index in [9.17, 15) is 0 Å². The second-order valence-electron chi connectivity index (χ2n) is 11.6. The lowest BCUT2D eigenvalue weighted by Crippen LogP contribution is -2.06. The minimum absolute atomic E-state index is 0.159. The molecule has 210 valence electrons. The Hall–Kier alpha value is -2.28. The third-order valence-corrected chi connectivity index (χ3v) is 9.57. The molecular formula is C38H32I2S2. The van der Waals surface area contributed by atoms with Crippen molar-refractivity contribution in [3.8, 4) is 35.5 Å². The van der Waals surface area contributed by atoms with Crippen LogP contribution in [0.4, 0.5) is 0 Å². The maximum absolute atomic E-state index is 3.37. The number of hydrogen-bond donors (Lipinski definition) is 0. The summed E-state index contributed by atoms with van der Waals surface area (Å²) < 4.78 is 2.63. The standard InChI is InChI=1S/C38H32I2S2/c1-37(2,3)41-33-19-21-35(39)31(25-33)17-15-29-11-7-9-27(23-29)13-14-28-10-8-12-30(24-28)16-18-32-26-34(20-22-36(32)40)42-38(4,5)6/h7-12,19-26H,1-6H3. The largest absolute Gasteiger partial charge is 0.120 e. The molecule has 0 nitrogen and oxygen atoms in total. The van der Waals surface area contributed by atoms with Gasteiger partial charge in [-0.25, -0.2) is 0 Å². The van der Waals surface area contributed by atoms with Crippen LogP contribution in [0.3, 0.4) is 0 Å². The Labute approximate surface area is 287 Å². The summed E-state index contributed by atoms with van der Waals surface area (Å²) in [6.07, 6.45) is 0. The van der Waals surface area contributed by atoms with E-state index in [0.717, 1.165) is 40.5 Å². The molecule has 42 heavy (non-hydrogen) atoms. The predicted molar refractivity (Wildman–Crippen MR) is 200 cm³/mol. The number of benzene rings is 4. The zero-order valence-corrected chi connectivity index (χ0v) is 30.6. The van der Waals surface area contributed by atoms with Gasteiger partial charge in [0.05, 0.1) is 0 Å². The lowest BCUT2D eigenvalue weighted by Gasteiger charge is -2.17. The molecule has 0 saturated heterocycles. The van der Waals surface area contributed by atoms with Crippen molar-refractivity contribution < 1.29 is 0 Å². The zero-order chi connectivity index (χ0) is 30.3. The fraction of sp³-hybridized carbons (Fsp3) is 0.211. The molecular weight excluding hydrogens is 774 g/mol. The van der Waals surface area contributed by atoms with Crippen LogP contribution in [-0.2, 0) is 0 Å². The van der Waals surface area contributed by atoms with E-state index < -0.39 is 0 Å². The van der Waals surface area contributed by atoms with Crippen LogP contribution in [0.2, 0.25) is 0 Å². The molecule has 0 saturated carbocycles. The lowest BCUT2D eigenvalue weighted by atomic mass is 10.1. The molecule has 0 heterocycles. The van der Waals surface area contributed by atoms with Gasteiger partial charge in [-0.2, -0.15) is 0 Å². The molecule has 4 aromatic rings. The Balaban J connectivity index is 1.52. The molecule has 0 unspecified atom stereocenters. The van der Waals surface area contributed by atoms with Crippen molar-refractivity contribution in [1.29, 1.82) is 0 Å². The van der Waals surface area contributed by atoms with Crippen molar-refractivity contribution in [2.24, 2.45) is 0 Å². The fourth-order valence-electron chi connectivity index (χ4n) is 3.81. The Morgan fingerprint density at radius 3 is 1.12 bits per heavy atom. The van der Waals surface area contributed by atoms with Gasteiger partial charge in [0.15, 0.2) is 0 Å². The summed E-state index contributed by atoms with van der Waals surface area (Å²) in [6, 6.07) is 29.2. The highest BCUT2D eigenvalue weighted by atomic mass is 127. The van der Waals surface area contributed by atoms with E-state index in [-0.39, 0.29) is 9.49 Å². The van der Waals surface area contributed by atoms with E-state index in [1.54, 1.807) is 0 Å². The number of halogens is 2. The van der Waals surface area contributed by atoms with Crippen molar-refractivity contribution in [3.05, 3.63) is 125 Å². The molecule has 0 atom stereocenters. The average molecular weight is 807 g/mol. The molecule has 0 bridgehead atoms. The molecule has 0 N–H and O–H groups in total. The van der Waals surface area contributed by atoms with E-state index in [0.29, 0.717) is 0 Å². The van der Waals surface area contributed by atoms with Gasteiger partial charge in [0, 0.05) is 59.8 Å². The van der Waals surface area contributed by atoms with Gasteiger partial charge in [0.25, 0.3) is 0 Å². The SMILES string of the molecule is CC(C)(C)Sc1ccc(I)c(C#Cc2cccc(C#Cc3cccc(C#Cc4cc(SC(C)(C)C)ccc4I)c3)c2)c1. The monoisotopic (exact) mass is 806 g/mol. The van der Waals surface area contributed by atoms with Gasteiger partial charge < -0.3 is 0 Å². The van der Waals surface area contributed by atoms with Crippen LogP contribution < -0.4 is 0 Å². The van der Waals surface area contributed by atoms with Gasteiger partial charge in [0.1, 0.15) is 0 Å². The Morgan fingerprint density at radius 2 is 0.786 bits per heavy atom. The van der Waals surface area contributed by atoms with Gasteiger partial charge in [-0.3, -0.25) is 0 Å². The van der Waals surface area contributed by atoms with Crippen LogP contribution in [0.25, 0.3) is 0 Å². The summed E-state index contributed by atoms with van der Waals surface area (Å²) in [5, 5.41) is 0. The second-order valence-corrected chi connectivity index (χ2v) is 17.7. The minimum atomic E-state index is 0.159. The van der Waals surface area contributed by atoms with E-state index in [4.69, 9.17) is 0 Å². The van der Waals surface area contributed by atoms with Crippen LogP contribution >= 0.6 is 68.7 Å². The highest BCUT2D eigenvalue weighted by molar-refractivity contribution is 14.1. The maximum atomic E-state index is 3.37. The molecule has 0 amide bonds. The van der Waals surface area contributed by atoms with Gasteiger partial charge in [0.2, 0.25) is 0 Å². The summed E-state index contributed by atoms with van der Waals surface area (Å²) in [4.78, 5) is 2.48. The molecule has 0 radical (unpaired) electrons. The Kier molecular flexibility index (Phi) is 11.2. The van der Waals surface area contributed by atoms with Crippen molar-refractivity contribution in [2.45, 2.75) is 60.8 Å². The topological polar surface area (TPSA) is 0 Å². The first-order valence-corrected chi connectivity index (χ1v) is 17.4. The molecule has 4 rings (SSSR count). The summed E-state index contributed by atoms with van der Waals surface area (Å²) in [6.45, 7) is 13.4. The van der Waals surface area contributed by atoms with Gasteiger partial charge in [-0.1, -0.05) is 89.2 Å². The maximum Gasteiger partial charge on any atom is 0.0393 e. The van der Waals surface area contributed by atoms with Crippen molar-refractivity contribution in [1.82, 2.24) is 0 Å². The van der Waals surface area contributed by atoms with Crippen molar-refractivity contribution in [2.75, 3.05) is 0 Å². The minimum Gasteiger partial charge on any atom is -0.120 e. The van der Waals surface area contributed by atoms with Gasteiger partial charge in [-0.15, -0.1) is 23.5 Å². The zero-order valence-electron chi connectivity index (χ0n) is 24.7. The smallest absolute Gasteiger partial charge is 0.0393 e. The first kappa shape index (κ1) is 32.6. The quantitative estimate of drug-likeness (QED) is 0.112. The van der Waals surface area contributed by atoms with Crippen LogP contribution in [0.1, 0.15) is 74.9 Å². The Morgan fingerprint density at radius 1 is 0.452 bits per heavy atom. The third kappa shape index (κ3) is 10.8. The second kappa shape index (κ2) is 14.5. The summed E-state index contributed by atoms with van der Waals surface area (Å²) in [5.74, 6) is 20.0.